The standard InChI is InChI=1S/C52H66N8O10/c1-25-9-11-39(59(25)49(61)45(57-51(63)65-7)33-13-27(3)69-28(4)14-33)47-53-21-37(55-47)31-17-35-23-68-42-20-32(18-36-24-67-41(19-31)43(35)44(36)42)38-22-54-48(56-38)40-12-10-26(2)60(40)50(62)46(58-52(64)66-8)34-15-29(5)70-30(6)16-34/h17-22,25-30,33-34,39-40,45-46H,9-16,23-24H2,1-8H3,(H,53,55)(H,54,56)(H,57,63)(H,58,64)/t25-,26-,27-,28+,29-,30+,33+,34?,39-,40-,45-,46-/m0/s1. The SMILES string of the molecule is COC(=O)N[C@H](C(=O)N1[C@@H](C)CC[C@H]1c1ncc(-c2cc3c4c(c2)OCc2cc(-c5cnc([C@@H]6CC[C@H](C)N6C(=O)[C@@H](NC(=O)OC)[C@H]6C[C@@H](C)O[C@@H](C)C6)[nH]5)cc(c2-4)OC3)[nH]1)C1C[C@@H](C)O[C@@H](C)C1. The lowest BCUT2D eigenvalue weighted by atomic mass is 9.85. The zero-order valence-corrected chi connectivity index (χ0v) is 41.3. The second-order valence-corrected chi connectivity index (χ2v) is 20.5. The number of hydrogen-bond acceptors (Lipinski definition) is 12. The molecule has 8 heterocycles. The van der Waals surface area contributed by atoms with Crippen LogP contribution in [0.1, 0.15) is 128 Å². The van der Waals surface area contributed by atoms with Gasteiger partial charge in [0.25, 0.3) is 0 Å². The van der Waals surface area contributed by atoms with E-state index in [4.69, 9.17) is 38.4 Å². The predicted octanol–water partition coefficient (Wildman–Crippen LogP) is 7.88. The smallest absolute Gasteiger partial charge is 0.407 e. The summed E-state index contributed by atoms with van der Waals surface area (Å²) in [5.74, 6) is 2.37. The van der Waals surface area contributed by atoms with E-state index < -0.39 is 24.3 Å². The lowest BCUT2D eigenvalue weighted by Crippen LogP contribution is -2.55. The van der Waals surface area contributed by atoms with E-state index in [-0.39, 0.29) is 72.2 Å². The molecule has 4 fully saturated rings. The number of rotatable bonds is 10. The summed E-state index contributed by atoms with van der Waals surface area (Å²) in [5, 5.41) is 5.77. The first-order valence-corrected chi connectivity index (χ1v) is 25.0. The van der Waals surface area contributed by atoms with E-state index >= 15 is 0 Å². The third kappa shape index (κ3) is 8.97. The van der Waals surface area contributed by atoms with Crippen LogP contribution in [0.5, 0.6) is 11.5 Å². The maximum absolute atomic E-state index is 14.6. The Bertz CT molecular complexity index is 2400. The molecule has 0 radical (unpaired) electrons. The van der Waals surface area contributed by atoms with Crippen molar-refractivity contribution >= 4 is 24.0 Å². The number of nitrogens with zero attached hydrogens (tertiary/aromatic N) is 4. The molecule has 4 N–H and O–H groups in total. The largest absolute Gasteiger partial charge is 0.488 e. The molecule has 12 atom stereocenters. The van der Waals surface area contributed by atoms with Crippen LogP contribution in [0.15, 0.2) is 36.7 Å². The molecule has 4 saturated heterocycles. The molecular weight excluding hydrogens is 897 g/mol. The minimum atomic E-state index is -0.761. The van der Waals surface area contributed by atoms with E-state index in [1.165, 1.54) is 14.2 Å². The van der Waals surface area contributed by atoms with E-state index in [0.717, 1.165) is 82.0 Å². The number of alkyl carbamates (subject to hydrolysis) is 2. The number of amides is 4. The fourth-order valence-electron chi connectivity index (χ4n) is 12.5. The summed E-state index contributed by atoms with van der Waals surface area (Å²) in [6.45, 7) is 12.8. The molecule has 1 unspecified atom stereocenters. The molecule has 0 saturated carbocycles. The van der Waals surface area contributed by atoms with Crippen LogP contribution in [0.4, 0.5) is 9.59 Å². The van der Waals surface area contributed by atoms with Gasteiger partial charge in [0.2, 0.25) is 11.8 Å². The third-order valence-corrected chi connectivity index (χ3v) is 15.5. The number of benzene rings is 2. The highest BCUT2D eigenvalue weighted by atomic mass is 16.5. The van der Waals surface area contributed by atoms with E-state index in [9.17, 15) is 19.2 Å². The number of imidazole rings is 2. The number of hydrogen-bond donors (Lipinski definition) is 4. The number of aromatic amines is 2. The number of likely N-dealkylation sites (tertiary alicyclic amines) is 2. The van der Waals surface area contributed by atoms with Gasteiger partial charge in [-0.15, -0.1) is 0 Å². The Hall–Kier alpha value is -6.14. The summed E-state index contributed by atoms with van der Waals surface area (Å²) < 4.78 is 35.0. The fraction of sp³-hybridized carbons (Fsp3) is 0.577. The average molecular weight is 963 g/mol. The molecule has 10 rings (SSSR count). The monoisotopic (exact) mass is 962 g/mol. The second kappa shape index (κ2) is 19.2. The molecule has 4 aromatic rings. The molecule has 0 spiro atoms. The van der Waals surface area contributed by atoms with Crippen molar-refractivity contribution in [2.75, 3.05) is 14.2 Å². The lowest BCUT2D eigenvalue weighted by molar-refractivity contribution is -0.141. The number of nitrogens with one attached hydrogen (secondary N) is 4. The van der Waals surface area contributed by atoms with Crippen molar-refractivity contribution in [3.8, 4) is 45.1 Å². The molecule has 6 aliphatic heterocycles. The van der Waals surface area contributed by atoms with Gasteiger partial charge in [-0.2, -0.15) is 0 Å². The Morgan fingerprint density at radius 3 is 1.36 bits per heavy atom. The minimum absolute atomic E-state index is 0.0399. The molecule has 18 heteroatoms. The highest BCUT2D eigenvalue weighted by Gasteiger charge is 2.46. The summed E-state index contributed by atoms with van der Waals surface area (Å²) in [6.07, 6.45) is 7.83. The number of ether oxygens (including phenoxy) is 6. The Morgan fingerprint density at radius 1 is 0.600 bits per heavy atom. The van der Waals surface area contributed by atoms with Gasteiger partial charge in [-0.1, -0.05) is 0 Å². The summed E-state index contributed by atoms with van der Waals surface area (Å²) in [6, 6.07) is 6.05. The van der Waals surface area contributed by atoms with E-state index in [0.29, 0.717) is 50.5 Å². The molecule has 70 heavy (non-hydrogen) atoms. The lowest BCUT2D eigenvalue weighted by Gasteiger charge is -2.39. The van der Waals surface area contributed by atoms with E-state index in [1.54, 1.807) is 0 Å². The number of H-pyrrole nitrogens is 2. The number of carbonyl (C=O) groups excluding carboxylic acids is 4. The maximum atomic E-state index is 14.6. The average Bonchev–Trinajstić information content (AvgIpc) is 4.17. The van der Waals surface area contributed by atoms with Gasteiger partial charge < -0.3 is 58.8 Å². The van der Waals surface area contributed by atoms with Gasteiger partial charge in [0.15, 0.2) is 0 Å². The highest BCUT2D eigenvalue weighted by Crippen LogP contribution is 2.51. The highest BCUT2D eigenvalue weighted by molar-refractivity contribution is 5.90. The zero-order chi connectivity index (χ0) is 49.1. The van der Waals surface area contributed by atoms with Crippen LogP contribution >= 0.6 is 0 Å². The van der Waals surface area contributed by atoms with Gasteiger partial charge in [-0.3, -0.25) is 9.59 Å². The quantitative estimate of drug-likeness (QED) is 0.120. The van der Waals surface area contributed by atoms with E-state index in [2.05, 4.69) is 32.7 Å². The van der Waals surface area contributed by atoms with Crippen molar-refractivity contribution in [3.05, 3.63) is 59.4 Å². The van der Waals surface area contributed by atoms with Crippen molar-refractivity contribution in [2.45, 2.75) is 167 Å². The Morgan fingerprint density at radius 2 is 0.986 bits per heavy atom. The van der Waals surface area contributed by atoms with Crippen molar-refractivity contribution < 1.29 is 47.6 Å². The van der Waals surface area contributed by atoms with Gasteiger partial charge in [0, 0.05) is 45.5 Å². The van der Waals surface area contributed by atoms with Crippen LogP contribution in [-0.2, 0) is 41.8 Å². The third-order valence-electron chi connectivity index (χ3n) is 15.5. The maximum Gasteiger partial charge on any atom is 0.407 e. The Labute approximate surface area is 408 Å². The van der Waals surface area contributed by atoms with Crippen molar-refractivity contribution in [1.29, 1.82) is 0 Å². The first-order chi connectivity index (χ1) is 33.7. The first kappa shape index (κ1) is 47.5. The molecule has 374 valence electrons. The van der Waals surface area contributed by atoms with Gasteiger partial charge in [0.1, 0.15) is 48.4 Å². The summed E-state index contributed by atoms with van der Waals surface area (Å²) in [5.41, 5.74) is 7.35. The van der Waals surface area contributed by atoms with Crippen molar-refractivity contribution in [3.63, 3.8) is 0 Å². The molecule has 2 aromatic carbocycles. The van der Waals surface area contributed by atoms with Crippen LogP contribution in [0, 0.1) is 11.8 Å². The van der Waals surface area contributed by atoms with Crippen molar-refractivity contribution in [1.82, 2.24) is 40.4 Å². The molecule has 2 aromatic heterocycles. The number of carbonyl (C=O) groups is 4. The summed E-state index contributed by atoms with van der Waals surface area (Å²) in [7, 11) is 2.62. The van der Waals surface area contributed by atoms with Gasteiger partial charge in [0.05, 0.1) is 74.5 Å². The minimum Gasteiger partial charge on any atom is -0.488 e. The molecule has 0 aliphatic carbocycles. The van der Waals surface area contributed by atoms with Crippen LogP contribution in [-0.4, -0.2) is 117 Å². The van der Waals surface area contributed by atoms with Gasteiger partial charge >= 0.3 is 12.2 Å². The zero-order valence-electron chi connectivity index (χ0n) is 41.3. The van der Waals surface area contributed by atoms with E-state index in [1.807, 2.05) is 75.9 Å². The normalized spacial score (nSPS) is 28.7. The molecule has 0 bridgehead atoms. The second-order valence-electron chi connectivity index (χ2n) is 20.5. The van der Waals surface area contributed by atoms with Gasteiger partial charge in [-0.05, 0) is 129 Å². The fourth-order valence-corrected chi connectivity index (χ4v) is 12.5. The van der Waals surface area contributed by atoms with Crippen molar-refractivity contribution in [2.24, 2.45) is 11.8 Å². The summed E-state index contributed by atoms with van der Waals surface area (Å²) in [4.78, 5) is 74.9. The summed E-state index contributed by atoms with van der Waals surface area (Å²) >= 11 is 0. The number of methoxy groups -OCH3 is 2. The molecular formula is C52H66N8O10. The van der Waals surface area contributed by atoms with Crippen LogP contribution < -0.4 is 20.1 Å². The van der Waals surface area contributed by atoms with Crippen LogP contribution in [0.3, 0.4) is 0 Å². The predicted molar refractivity (Wildman–Crippen MR) is 256 cm³/mol. The Kier molecular flexibility index (Phi) is 13.1. The topological polar surface area (TPSA) is 212 Å². The number of aromatic nitrogens is 4. The van der Waals surface area contributed by atoms with Crippen LogP contribution in [0.25, 0.3) is 33.6 Å². The molecule has 18 nitrogen and oxygen atoms in total. The first-order valence-electron chi connectivity index (χ1n) is 25.0. The van der Waals surface area contributed by atoms with Crippen LogP contribution in [0.2, 0.25) is 0 Å². The Balaban J connectivity index is 0.877. The molecule has 6 aliphatic rings. The molecule has 4 amide bonds. The van der Waals surface area contributed by atoms with Gasteiger partial charge in [-0.25, -0.2) is 19.6 Å².